The van der Waals surface area contributed by atoms with Gasteiger partial charge in [-0.15, -0.1) is 0 Å². The highest BCUT2D eigenvalue weighted by Gasteiger charge is 2.24. The number of pyridine rings is 1. The topological polar surface area (TPSA) is 103 Å². The molecule has 3 heterocycles. The smallest absolute Gasteiger partial charge is 0.181 e. The maximum absolute atomic E-state index is 9.03. The van der Waals surface area contributed by atoms with Crippen molar-refractivity contribution in [3.63, 3.8) is 0 Å². The van der Waals surface area contributed by atoms with Gasteiger partial charge in [-0.05, 0) is 42.7 Å². The van der Waals surface area contributed by atoms with Gasteiger partial charge >= 0.3 is 0 Å². The molecule has 0 unspecified atom stereocenters. The van der Waals surface area contributed by atoms with Crippen molar-refractivity contribution in [1.29, 1.82) is 5.26 Å². The Labute approximate surface area is 148 Å². The average Bonchev–Trinajstić information content (AvgIpc) is 3.40. The molecule has 0 saturated carbocycles. The second-order valence-corrected chi connectivity index (χ2v) is 6.31. The number of oxazole rings is 1. The molecule has 2 N–H and O–H groups in total. The average molecular weight is 342 g/mol. The summed E-state index contributed by atoms with van der Waals surface area (Å²) in [7, 11) is 0. The van der Waals surface area contributed by atoms with Crippen LogP contribution in [0.2, 0.25) is 0 Å². The molecule has 1 atom stereocenters. The Kier molecular flexibility index (Phi) is 3.22. The minimum absolute atomic E-state index is 0.135. The van der Waals surface area contributed by atoms with E-state index in [4.69, 9.17) is 9.68 Å². The van der Waals surface area contributed by atoms with Gasteiger partial charge in [0.15, 0.2) is 12.2 Å². The number of fused-ring (bicyclic) bond motifs is 2. The first-order valence-electron chi connectivity index (χ1n) is 8.34. The maximum Gasteiger partial charge on any atom is 0.181 e. The van der Waals surface area contributed by atoms with E-state index in [1.165, 1.54) is 6.39 Å². The van der Waals surface area contributed by atoms with Gasteiger partial charge in [0, 0.05) is 17.3 Å². The lowest BCUT2D eigenvalue weighted by molar-refractivity contribution is 0.570. The van der Waals surface area contributed by atoms with E-state index in [0.29, 0.717) is 11.3 Å². The van der Waals surface area contributed by atoms with Crippen molar-refractivity contribution in [3.8, 4) is 17.5 Å². The third kappa shape index (κ3) is 2.31. The van der Waals surface area contributed by atoms with Gasteiger partial charge in [0.05, 0.1) is 29.0 Å². The van der Waals surface area contributed by atoms with Crippen molar-refractivity contribution in [1.82, 2.24) is 20.2 Å². The quantitative estimate of drug-likeness (QED) is 0.590. The number of nitrogens with zero attached hydrogens (tertiary/aromatic N) is 4. The largest absolute Gasteiger partial charge is 0.442 e. The molecule has 1 aliphatic carbocycles. The van der Waals surface area contributed by atoms with Gasteiger partial charge in [0.2, 0.25) is 0 Å². The summed E-state index contributed by atoms with van der Waals surface area (Å²) in [5.74, 6) is 0.630. The molecule has 0 fully saturated rings. The zero-order valence-corrected chi connectivity index (χ0v) is 13.7. The SMILES string of the molecule is N#Cc1cnc2c(c1)CC[C@@H]2Nc1ccc2[nH]nc(-c3cnco3)c2c1. The summed E-state index contributed by atoms with van der Waals surface area (Å²) in [6.07, 6.45) is 6.57. The van der Waals surface area contributed by atoms with Crippen LogP contribution in [0.3, 0.4) is 0 Å². The molecule has 0 aliphatic heterocycles. The number of nitriles is 1. The number of nitrogens with one attached hydrogen (secondary N) is 2. The molecule has 0 spiro atoms. The van der Waals surface area contributed by atoms with Gasteiger partial charge in [0.25, 0.3) is 0 Å². The zero-order chi connectivity index (χ0) is 17.5. The summed E-state index contributed by atoms with van der Waals surface area (Å²) in [5, 5.41) is 20.9. The molecule has 5 rings (SSSR count). The van der Waals surface area contributed by atoms with Crippen LogP contribution >= 0.6 is 0 Å². The number of aryl methyl sites for hydroxylation is 1. The summed E-state index contributed by atoms with van der Waals surface area (Å²) >= 11 is 0. The molecule has 4 aromatic rings. The number of H-pyrrole nitrogens is 1. The third-order valence-corrected chi connectivity index (χ3v) is 4.73. The van der Waals surface area contributed by atoms with Gasteiger partial charge in [-0.2, -0.15) is 10.4 Å². The normalized spacial score (nSPS) is 15.7. The molecular weight excluding hydrogens is 328 g/mol. The standard InChI is InChI=1S/C19H14N6O/c20-7-11-5-12-1-3-16(18(12)22-8-11)23-13-2-4-15-14(6-13)19(25-24-15)17-9-21-10-26-17/h2,4-6,8-10,16,23H,1,3H2,(H,24,25)/t16-/m0/s1. The highest BCUT2D eigenvalue weighted by atomic mass is 16.3. The number of aromatic nitrogens is 4. The summed E-state index contributed by atoms with van der Waals surface area (Å²) in [6.45, 7) is 0. The second-order valence-electron chi connectivity index (χ2n) is 6.31. The van der Waals surface area contributed by atoms with Crippen LogP contribution in [0.4, 0.5) is 5.69 Å². The Morgan fingerprint density at radius 3 is 3.08 bits per heavy atom. The van der Waals surface area contributed by atoms with Crippen LogP contribution in [-0.2, 0) is 6.42 Å². The van der Waals surface area contributed by atoms with Crippen LogP contribution in [-0.4, -0.2) is 20.2 Å². The molecule has 1 aliphatic rings. The summed E-state index contributed by atoms with van der Waals surface area (Å²) in [4.78, 5) is 8.45. The van der Waals surface area contributed by atoms with E-state index in [0.717, 1.165) is 46.4 Å². The van der Waals surface area contributed by atoms with Crippen LogP contribution in [0.25, 0.3) is 22.4 Å². The van der Waals surface area contributed by atoms with Crippen LogP contribution in [0, 0.1) is 11.3 Å². The third-order valence-electron chi connectivity index (χ3n) is 4.73. The Balaban J connectivity index is 1.48. The van der Waals surface area contributed by atoms with Crippen LogP contribution in [0.5, 0.6) is 0 Å². The monoisotopic (exact) mass is 342 g/mol. The van der Waals surface area contributed by atoms with Crippen molar-refractivity contribution < 1.29 is 4.42 Å². The van der Waals surface area contributed by atoms with E-state index in [9.17, 15) is 0 Å². The Hall–Kier alpha value is -3.66. The van der Waals surface area contributed by atoms with Crippen molar-refractivity contribution >= 4 is 16.6 Å². The van der Waals surface area contributed by atoms with E-state index in [1.54, 1.807) is 12.4 Å². The van der Waals surface area contributed by atoms with Gasteiger partial charge in [0.1, 0.15) is 11.8 Å². The molecule has 0 bridgehead atoms. The minimum atomic E-state index is 0.135. The minimum Gasteiger partial charge on any atom is -0.442 e. The van der Waals surface area contributed by atoms with Crippen LogP contribution in [0.1, 0.15) is 29.3 Å². The lowest BCUT2D eigenvalue weighted by atomic mass is 10.1. The molecule has 0 radical (unpaired) electrons. The predicted molar refractivity (Wildman–Crippen MR) is 95.2 cm³/mol. The van der Waals surface area contributed by atoms with Crippen molar-refractivity contribution in [2.45, 2.75) is 18.9 Å². The molecule has 7 heteroatoms. The highest BCUT2D eigenvalue weighted by Crippen LogP contribution is 2.34. The van der Waals surface area contributed by atoms with Crippen molar-refractivity contribution in [2.24, 2.45) is 0 Å². The fraction of sp³-hybridized carbons (Fsp3) is 0.158. The lowest BCUT2D eigenvalue weighted by Gasteiger charge is -2.15. The zero-order valence-electron chi connectivity index (χ0n) is 13.7. The first-order chi connectivity index (χ1) is 12.8. The molecule has 26 heavy (non-hydrogen) atoms. The van der Waals surface area contributed by atoms with E-state index in [-0.39, 0.29) is 6.04 Å². The molecule has 126 valence electrons. The molecule has 1 aromatic carbocycles. The summed E-state index contributed by atoms with van der Waals surface area (Å²) in [6, 6.07) is 10.3. The molecule has 7 nitrogen and oxygen atoms in total. The van der Waals surface area contributed by atoms with E-state index >= 15 is 0 Å². The fourth-order valence-electron chi connectivity index (χ4n) is 3.50. The van der Waals surface area contributed by atoms with Crippen molar-refractivity contribution in [3.05, 3.63) is 59.9 Å². The van der Waals surface area contributed by atoms with E-state index in [1.807, 2.05) is 18.2 Å². The van der Waals surface area contributed by atoms with E-state index < -0.39 is 0 Å². The first kappa shape index (κ1) is 14.7. The highest BCUT2D eigenvalue weighted by molar-refractivity contribution is 5.93. The number of hydrogen-bond donors (Lipinski definition) is 2. The molecule has 0 amide bonds. The van der Waals surface area contributed by atoms with Gasteiger partial charge in [-0.3, -0.25) is 10.1 Å². The summed E-state index contributed by atoms with van der Waals surface area (Å²) in [5.41, 5.74) is 5.44. The van der Waals surface area contributed by atoms with E-state index in [2.05, 4.69) is 37.6 Å². The Bertz CT molecular complexity index is 1140. The molecule has 0 saturated heterocycles. The number of anilines is 1. The Morgan fingerprint density at radius 1 is 1.27 bits per heavy atom. The fourth-order valence-corrected chi connectivity index (χ4v) is 3.50. The van der Waals surface area contributed by atoms with Crippen LogP contribution < -0.4 is 5.32 Å². The Morgan fingerprint density at radius 2 is 2.23 bits per heavy atom. The van der Waals surface area contributed by atoms with Crippen LogP contribution in [0.15, 0.2) is 47.5 Å². The number of rotatable bonds is 3. The molecular formula is C19H14N6O. The van der Waals surface area contributed by atoms with Gasteiger partial charge in [-0.1, -0.05) is 0 Å². The van der Waals surface area contributed by atoms with Gasteiger partial charge < -0.3 is 9.73 Å². The number of hydrogen-bond acceptors (Lipinski definition) is 6. The maximum atomic E-state index is 9.03. The number of benzene rings is 1. The second kappa shape index (κ2) is 5.70. The molecule has 3 aromatic heterocycles. The predicted octanol–water partition coefficient (Wildman–Crippen LogP) is 3.58. The van der Waals surface area contributed by atoms with Gasteiger partial charge in [-0.25, -0.2) is 4.98 Å². The van der Waals surface area contributed by atoms with Crippen molar-refractivity contribution in [2.75, 3.05) is 5.32 Å². The lowest BCUT2D eigenvalue weighted by Crippen LogP contribution is -2.08. The number of aromatic amines is 1. The summed E-state index contributed by atoms with van der Waals surface area (Å²) < 4.78 is 5.38. The first-order valence-corrected chi connectivity index (χ1v) is 8.34.